The van der Waals surface area contributed by atoms with Gasteiger partial charge in [-0.05, 0) is 83.9 Å². The number of carbonyl (C=O) groups is 3. The van der Waals surface area contributed by atoms with Crippen LogP contribution in [0.3, 0.4) is 0 Å². The highest BCUT2D eigenvalue weighted by Crippen LogP contribution is 2.33. The molecule has 0 radical (unpaired) electrons. The number of hydrogen-bond acceptors (Lipinski definition) is 7. The van der Waals surface area contributed by atoms with E-state index in [9.17, 15) is 14.4 Å². The average molecular weight is 680 g/mol. The normalized spacial score (nSPS) is 11.9. The highest BCUT2D eigenvalue weighted by Gasteiger charge is 2.19. The highest BCUT2D eigenvalue weighted by atomic mass is 35.5. The van der Waals surface area contributed by atoms with Crippen LogP contribution in [0.2, 0.25) is 10.0 Å². The molecule has 1 unspecified atom stereocenters. The third-order valence-electron chi connectivity index (χ3n) is 6.10. The molecule has 0 aliphatic heterocycles. The minimum Gasteiger partial charge on any atom is -0.321 e. The first-order valence-electron chi connectivity index (χ1n) is 13.2. The van der Waals surface area contributed by atoms with Crippen LogP contribution in [-0.4, -0.2) is 28.0 Å². The van der Waals surface area contributed by atoms with Crippen molar-refractivity contribution in [3.05, 3.63) is 122 Å². The van der Waals surface area contributed by atoms with Crippen LogP contribution in [0.1, 0.15) is 22.8 Å². The van der Waals surface area contributed by atoms with E-state index in [1.54, 1.807) is 73.7 Å². The lowest BCUT2D eigenvalue weighted by Crippen LogP contribution is -2.30. The second-order valence-electron chi connectivity index (χ2n) is 9.33. The second kappa shape index (κ2) is 14.7. The lowest BCUT2D eigenvalue weighted by atomic mass is 10.2. The van der Waals surface area contributed by atoms with Crippen molar-refractivity contribution in [2.75, 3.05) is 10.6 Å². The third-order valence-corrected chi connectivity index (χ3v) is 9.20. The molecule has 222 valence electrons. The number of carbonyl (C=O) groups excluding carboxylic acids is 3. The van der Waals surface area contributed by atoms with Crippen molar-refractivity contribution in [2.24, 2.45) is 0 Å². The molecule has 7 nitrogen and oxygen atoms in total. The minimum absolute atomic E-state index is 0.103. The van der Waals surface area contributed by atoms with E-state index in [1.807, 2.05) is 34.3 Å². The topological polar surface area (TPSA) is 100 Å². The summed E-state index contributed by atoms with van der Waals surface area (Å²) in [5.41, 5.74) is 3.21. The van der Waals surface area contributed by atoms with Gasteiger partial charge in [-0.25, -0.2) is 4.98 Å². The van der Waals surface area contributed by atoms with Crippen LogP contribution in [0.25, 0.3) is 17.3 Å². The van der Waals surface area contributed by atoms with Gasteiger partial charge in [-0.15, -0.1) is 23.1 Å². The number of nitrogens with one attached hydrogen (secondary N) is 3. The molecule has 0 aliphatic carbocycles. The summed E-state index contributed by atoms with van der Waals surface area (Å²) in [6.07, 6.45) is 1.63. The Morgan fingerprint density at radius 1 is 0.932 bits per heavy atom. The fourth-order valence-corrected chi connectivity index (χ4v) is 6.69. The Kier molecular flexibility index (Phi) is 10.5. The molecule has 0 saturated heterocycles. The van der Waals surface area contributed by atoms with E-state index in [0.29, 0.717) is 32.1 Å². The first-order valence-corrected chi connectivity index (χ1v) is 16.6. The lowest BCUT2D eigenvalue weighted by molar-refractivity contribution is -0.115. The number of aromatic nitrogens is 1. The van der Waals surface area contributed by atoms with Gasteiger partial charge in [0.25, 0.3) is 11.8 Å². The van der Waals surface area contributed by atoms with Gasteiger partial charge < -0.3 is 16.0 Å². The number of amides is 3. The van der Waals surface area contributed by atoms with Crippen LogP contribution in [0, 0.1) is 0 Å². The SMILES string of the molecule is CC(Sc1cccc(NC(=O)/C(=C/c2ccsc2)NC(=O)c2ccccc2)c1)C(=O)Nc1nc(-c2ccc(Cl)cc2Cl)cs1. The largest absolute Gasteiger partial charge is 0.321 e. The van der Waals surface area contributed by atoms with Gasteiger partial charge in [-0.2, -0.15) is 11.3 Å². The van der Waals surface area contributed by atoms with Gasteiger partial charge >= 0.3 is 0 Å². The first-order chi connectivity index (χ1) is 21.2. The zero-order valence-corrected chi connectivity index (χ0v) is 27.0. The van der Waals surface area contributed by atoms with Crippen molar-refractivity contribution >= 4 is 92.3 Å². The molecule has 2 aromatic heterocycles. The lowest BCUT2D eigenvalue weighted by Gasteiger charge is -2.13. The summed E-state index contributed by atoms with van der Waals surface area (Å²) >= 11 is 16.4. The molecule has 44 heavy (non-hydrogen) atoms. The third kappa shape index (κ3) is 8.37. The molecule has 0 spiro atoms. The second-order valence-corrected chi connectivity index (χ2v) is 13.2. The molecule has 5 rings (SSSR count). The van der Waals surface area contributed by atoms with E-state index >= 15 is 0 Å². The molecule has 3 aromatic carbocycles. The maximum Gasteiger partial charge on any atom is 0.272 e. The van der Waals surface area contributed by atoms with Crippen molar-refractivity contribution in [3.8, 4) is 11.3 Å². The molecule has 2 heterocycles. The predicted molar refractivity (Wildman–Crippen MR) is 183 cm³/mol. The van der Waals surface area contributed by atoms with E-state index in [1.165, 1.54) is 34.4 Å². The van der Waals surface area contributed by atoms with Crippen LogP contribution in [0.4, 0.5) is 10.8 Å². The molecular formula is C32H24Cl2N4O3S3. The summed E-state index contributed by atoms with van der Waals surface area (Å²) in [5.74, 6) is -1.10. The Morgan fingerprint density at radius 2 is 1.75 bits per heavy atom. The zero-order valence-electron chi connectivity index (χ0n) is 23.0. The Labute approximate surface area is 276 Å². The van der Waals surface area contributed by atoms with Crippen molar-refractivity contribution < 1.29 is 14.4 Å². The predicted octanol–water partition coefficient (Wildman–Crippen LogP) is 8.71. The Balaban J connectivity index is 1.23. The molecule has 1 atom stereocenters. The van der Waals surface area contributed by atoms with Gasteiger partial charge in [0, 0.05) is 32.1 Å². The maximum atomic E-state index is 13.3. The fourth-order valence-electron chi connectivity index (χ4n) is 3.93. The van der Waals surface area contributed by atoms with Crippen molar-refractivity contribution in [2.45, 2.75) is 17.1 Å². The fraction of sp³-hybridized carbons (Fsp3) is 0.0625. The molecule has 3 N–H and O–H groups in total. The quantitative estimate of drug-likeness (QED) is 0.101. The summed E-state index contributed by atoms with van der Waals surface area (Å²) in [6.45, 7) is 1.79. The Morgan fingerprint density at radius 3 is 2.50 bits per heavy atom. The Hall–Kier alpha value is -3.93. The molecular weight excluding hydrogens is 655 g/mol. The highest BCUT2D eigenvalue weighted by molar-refractivity contribution is 8.00. The number of anilines is 2. The van der Waals surface area contributed by atoms with Crippen LogP contribution in [0.15, 0.2) is 106 Å². The van der Waals surface area contributed by atoms with Crippen LogP contribution in [-0.2, 0) is 9.59 Å². The minimum atomic E-state index is -0.478. The number of nitrogens with zero attached hydrogens (tertiary/aromatic N) is 1. The molecule has 0 fully saturated rings. The molecule has 0 saturated carbocycles. The number of halogens is 2. The average Bonchev–Trinajstić information content (AvgIpc) is 3.70. The molecule has 0 aliphatic rings. The van der Waals surface area contributed by atoms with Crippen LogP contribution in [0.5, 0.6) is 0 Å². The van der Waals surface area contributed by atoms with E-state index in [2.05, 4.69) is 20.9 Å². The molecule has 3 amide bonds. The monoisotopic (exact) mass is 678 g/mol. The number of thiophene rings is 1. The van der Waals surface area contributed by atoms with Gasteiger partial charge in [0.15, 0.2) is 5.13 Å². The smallest absolute Gasteiger partial charge is 0.272 e. The summed E-state index contributed by atoms with van der Waals surface area (Å²) in [4.78, 5) is 44.4. The van der Waals surface area contributed by atoms with E-state index in [-0.39, 0.29) is 11.6 Å². The first kappa shape index (κ1) is 31.5. The summed E-state index contributed by atoms with van der Waals surface area (Å²) < 4.78 is 0. The maximum absolute atomic E-state index is 13.3. The summed E-state index contributed by atoms with van der Waals surface area (Å²) in [6, 6.07) is 22.9. The standard InChI is InChI=1S/C32H24Cl2N4O3S3/c1-19(29(39)38-32-37-28(18-43-32)25-11-10-22(33)15-26(25)34)44-24-9-5-8-23(16-24)35-31(41)27(14-20-12-13-42-17-20)36-30(40)21-6-3-2-4-7-21/h2-19H,1H3,(H,35,41)(H,36,40)(H,37,38,39)/b27-14-. The molecule has 0 bridgehead atoms. The van der Waals surface area contributed by atoms with Crippen LogP contribution >= 0.6 is 57.6 Å². The van der Waals surface area contributed by atoms with Crippen molar-refractivity contribution in [1.29, 1.82) is 0 Å². The van der Waals surface area contributed by atoms with Gasteiger partial charge in [0.05, 0.1) is 16.0 Å². The summed E-state index contributed by atoms with van der Waals surface area (Å²) in [5, 5.41) is 15.0. The van der Waals surface area contributed by atoms with Gasteiger partial charge in [0.1, 0.15) is 5.70 Å². The van der Waals surface area contributed by atoms with E-state index < -0.39 is 17.1 Å². The number of hydrogen-bond donors (Lipinski definition) is 3. The van der Waals surface area contributed by atoms with Crippen molar-refractivity contribution in [3.63, 3.8) is 0 Å². The number of benzene rings is 3. The van der Waals surface area contributed by atoms with Crippen molar-refractivity contribution in [1.82, 2.24) is 10.3 Å². The molecule has 12 heteroatoms. The van der Waals surface area contributed by atoms with E-state index in [4.69, 9.17) is 23.2 Å². The van der Waals surface area contributed by atoms with Gasteiger partial charge in [-0.1, -0.05) is 47.5 Å². The molecule has 5 aromatic rings. The van der Waals surface area contributed by atoms with Gasteiger partial charge in [-0.3, -0.25) is 14.4 Å². The summed E-state index contributed by atoms with van der Waals surface area (Å²) in [7, 11) is 0. The Bertz CT molecular complexity index is 1830. The van der Waals surface area contributed by atoms with Gasteiger partial charge in [0.2, 0.25) is 5.91 Å². The number of thioether (sulfide) groups is 1. The number of rotatable bonds is 10. The zero-order chi connectivity index (χ0) is 31.1. The van der Waals surface area contributed by atoms with E-state index in [0.717, 1.165) is 16.0 Å². The number of thiazole rings is 1. The van der Waals surface area contributed by atoms with Crippen LogP contribution < -0.4 is 16.0 Å².